The van der Waals surface area contributed by atoms with E-state index in [4.69, 9.17) is 9.05 Å². The Morgan fingerprint density at radius 2 is 1.93 bits per heavy atom. The largest absolute Gasteiger partial charge is 0.417 e. The van der Waals surface area contributed by atoms with Crippen LogP contribution in [0.25, 0.3) is 11.1 Å². The minimum absolute atomic E-state index is 0.106. The normalized spacial score (nSPS) is 16.0. The predicted octanol–water partition coefficient (Wildman–Crippen LogP) is 4.12. The van der Waals surface area contributed by atoms with Crippen molar-refractivity contribution in [1.29, 1.82) is 0 Å². The van der Waals surface area contributed by atoms with E-state index in [0.29, 0.717) is 43.7 Å². The highest BCUT2D eigenvalue weighted by Crippen LogP contribution is 2.38. The molecule has 1 aliphatic rings. The third kappa shape index (κ3) is 3.58. The first-order valence-electron chi connectivity index (χ1n) is 9.37. The Hall–Kier alpha value is -2.91. The summed E-state index contributed by atoms with van der Waals surface area (Å²) in [6.45, 7) is 4.15. The molecule has 0 saturated carbocycles. The van der Waals surface area contributed by atoms with Crippen LogP contribution in [0.1, 0.15) is 58.9 Å². The first kappa shape index (κ1) is 19.4. The molecule has 0 aliphatic carbocycles. The summed E-state index contributed by atoms with van der Waals surface area (Å²) in [4.78, 5) is 18.4. The van der Waals surface area contributed by atoms with Crippen LogP contribution in [0.15, 0.2) is 21.2 Å². The van der Waals surface area contributed by atoms with Crippen LogP contribution in [0, 0.1) is 6.92 Å². The second-order valence-corrected chi connectivity index (χ2v) is 7.14. The number of nitrogens with zero attached hydrogens (tertiary/aromatic N) is 4. The van der Waals surface area contributed by atoms with E-state index in [-0.39, 0.29) is 34.4 Å². The highest BCUT2D eigenvalue weighted by molar-refractivity contribution is 5.91. The van der Waals surface area contributed by atoms with Gasteiger partial charge in [0.1, 0.15) is 0 Å². The Bertz CT molecular complexity index is 1050. The fourth-order valence-corrected chi connectivity index (χ4v) is 3.66. The molecule has 1 aliphatic heterocycles. The standard InChI is InChI=1S/C19H19F3N4O3/c1-3-12-8-15(28-25-12)18(27)26-6-4-11(5-7-26)14-9-13(19(20,21)22)16-10(2)24-29-17(16)23-14/h8-9,11H,3-7H2,1-2H3. The van der Waals surface area contributed by atoms with Gasteiger partial charge in [0.2, 0.25) is 5.76 Å². The number of aromatic nitrogens is 3. The number of rotatable bonds is 3. The summed E-state index contributed by atoms with van der Waals surface area (Å²) < 4.78 is 50.7. The third-order valence-corrected chi connectivity index (χ3v) is 5.27. The highest BCUT2D eigenvalue weighted by Gasteiger charge is 2.37. The number of piperidine rings is 1. The van der Waals surface area contributed by atoms with Crippen molar-refractivity contribution in [2.75, 3.05) is 13.1 Å². The number of amides is 1. The molecule has 0 radical (unpaired) electrons. The molecule has 7 nitrogen and oxygen atoms in total. The van der Waals surface area contributed by atoms with E-state index >= 15 is 0 Å². The van der Waals surface area contributed by atoms with Gasteiger partial charge in [0.25, 0.3) is 11.6 Å². The van der Waals surface area contributed by atoms with Crippen molar-refractivity contribution in [3.05, 3.63) is 40.5 Å². The van der Waals surface area contributed by atoms with E-state index in [2.05, 4.69) is 15.3 Å². The average molecular weight is 408 g/mol. The quantitative estimate of drug-likeness (QED) is 0.648. The fourth-order valence-electron chi connectivity index (χ4n) is 3.66. The Morgan fingerprint density at radius 3 is 2.55 bits per heavy atom. The Kier molecular flexibility index (Phi) is 4.79. The lowest BCUT2D eigenvalue weighted by Crippen LogP contribution is -2.38. The van der Waals surface area contributed by atoms with E-state index in [1.54, 1.807) is 11.0 Å². The molecule has 0 atom stereocenters. The molecule has 3 aromatic rings. The third-order valence-electron chi connectivity index (χ3n) is 5.27. The van der Waals surface area contributed by atoms with E-state index in [1.807, 2.05) is 6.92 Å². The van der Waals surface area contributed by atoms with Crippen molar-refractivity contribution in [2.45, 2.75) is 45.2 Å². The van der Waals surface area contributed by atoms with Gasteiger partial charge in [-0.2, -0.15) is 13.2 Å². The van der Waals surface area contributed by atoms with Crippen LogP contribution in [0.4, 0.5) is 13.2 Å². The molecule has 0 unspecified atom stereocenters. The molecule has 0 bridgehead atoms. The monoisotopic (exact) mass is 408 g/mol. The van der Waals surface area contributed by atoms with Gasteiger partial charge in [0, 0.05) is 30.8 Å². The van der Waals surface area contributed by atoms with E-state index in [0.717, 1.165) is 6.07 Å². The van der Waals surface area contributed by atoms with Gasteiger partial charge in [0.05, 0.1) is 22.3 Å². The number of likely N-dealkylation sites (tertiary alicyclic amines) is 1. The van der Waals surface area contributed by atoms with Gasteiger partial charge in [-0.15, -0.1) is 0 Å². The molecule has 0 spiro atoms. The maximum absolute atomic E-state index is 13.5. The maximum atomic E-state index is 13.5. The van der Waals surface area contributed by atoms with E-state index in [1.165, 1.54) is 6.92 Å². The zero-order valence-corrected chi connectivity index (χ0v) is 15.9. The molecule has 1 fully saturated rings. The lowest BCUT2D eigenvalue weighted by Gasteiger charge is -2.31. The first-order chi connectivity index (χ1) is 13.8. The summed E-state index contributed by atoms with van der Waals surface area (Å²) in [5.74, 6) is -0.298. The zero-order valence-electron chi connectivity index (χ0n) is 15.9. The van der Waals surface area contributed by atoms with Gasteiger partial charge < -0.3 is 13.9 Å². The van der Waals surface area contributed by atoms with Gasteiger partial charge in [-0.1, -0.05) is 17.2 Å². The summed E-state index contributed by atoms with van der Waals surface area (Å²) in [5.41, 5.74) is 0.261. The zero-order chi connectivity index (χ0) is 20.8. The van der Waals surface area contributed by atoms with Crippen LogP contribution in [-0.2, 0) is 12.6 Å². The number of halogens is 3. The molecule has 29 heavy (non-hydrogen) atoms. The smallest absolute Gasteiger partial charge is 0.351 e. The SMILES string of the molecule is CCc1cc(C(=O)N2CCC(c3cc(C(F)(F)F)c4c(C)noc4n3)CC2)on1. The van der Waals surface area contributed by atoms with Gasteiger partial charge in [-0.3, -0.25) is 4.79 Å². The van der Waals surface area contributed by atoms with Crippen LogP contribution in [-0.4, -0.2) is 39.2 Å². The number of aryl methyl sites for hydroxylation is 2. The topological polar surface area (TPSA) is 85.3 Å². The Balaban J connectivity index is 1.54. The van der Waals surface area contributed by atoms with Crippen molar-refractivity contribution in [2.24, 2.45) is 0 Å². The Morgan fingerprint density at radius 1 is 1.21 bits per heavy atom. The number of pyridine rings is 1. The predicted molar refractivity (Wildman–Crippen MR) is 95.3 cm³/mol. The fraction of sp³-hybridized carbons (Fsp3) is 0.474. The first-order valence-corrected chi connectivity index (χ1v) is 9.37. The molecule has 0 N–H and O–H groups in total. The number of carbonyl (C=O) groups excluding carboxylic acids is 1. The van der Waals surface area contributed by atoms with E-state index in [9.17, 15) is 18.0 Å². The average Bonchev–Trinajstić information content (AvgIpc) is 3.33. The molecule has 0 aromatic carbocycles. The van der Waals surface area contributed by atoms with Crippen molar-refractivity contribution in [1.82, 2.24) is 20.2 Å². The summed E-state index contributed by atoms with van der Waals surface area (Å²) in [6, 6.07) is 2.70. The summed E-state index contributed by atoms with van der Waals surface area (Å²) in [7, 11) is 0. The molecule has 154 valence electrons. The number of carbonyl (C=O) groups is 1. The van der Waals surface area contributed by atoms with Crippen LogP contribution in [0.2, 0.25) is 0 Å². The Labute approximate surface area is 163 Å². The summed E-state index contributed by atoms with van der Waals surface area (Å²) in [5, 5.41) is 7.34. The van der Waals surface area contributed by atoms with Crippen molar-refractivity contribution in [3.8, 4) is 0 Å². The minimum Gasteiger partial charge on any atom is -0.351 e. The number of alkyl halides is 3. The van der Waals surface area contributed by atoms with Gasteiger partial charge in [-0.05, 0) is 32.3 Å². The van der Waals surface area contributed by atoms with Crippen LogP contribution < -0.4 is 0 Å². The van der Waals surface area contributed by atoms with Crippen molar-refractivity contribution in [3.63, 3.8) is 0 Å². The minimum atomic E-state index is -4.54. The highest BCUT2D eigenvalue weighted by atomic mass is 19.4. The van der Waals surface area contributed by atoms with Crippen molar-refractivity contribution < 1.29 is 27.0 Å². The second kappa shape index (κ2) is 7.16. The number of fused-ring (bicyclic) bond motifs is 1. The summed E-state index contributed by atoms with van der Waals surface area (Å²) in [6.07, 6.45) is -2.89. The lowest BCUT2D eigenvalue weighted by atomic mass is 9.91. The van der Waals surface area contributed by atoms with Gasteiger partial charge in [0.15, 0.2) is 0 Å². The van der Waals surface area contributed by atoms with Gasteiger partial charge >= 0.3 is 6.18 Å². The maximum Gasteiger partial charge on any atom is 0.417 e. The van der Waals surface area contributed by atoms with Crippen LogP contribution in [0.3, 0.4) is 0 Å². The second-order valence-electron chi connectivity index (χ2n) is 7.14. The lowest BCUT2D eigenvalue weighted by molar-refractivity contribution is -0.136. The molecule has 4 rings (SSSR count). The van der Waals surface area contributed by atoms with Crippen LogP contribution in [0.5, 0.6) is 0 Å². The molecular formula is C19H19F3N4O3. The molecule has 10 heteroatoms. The number of hydrogen-bond donors (Lipinski definition) is 0. The van der Waals surface area contributed by atoms with Crippen LogP contribution >= 0.6 is 0 Å². The molecule has 3 aromatic heterocycles. The van der Waals surface area contributed by atoms with Gasteiger partial charge in [-0.25, -0.2) is 4.98 Å². The molecular weight excluding hydrogens is 389 g/mol. The van der Waals surface area contributed by atoms with Crippen molar-refractivity contribution >= 4 is 17.0 Å². The number of hydrogen-bond acceptors (Lipinski definition) is 6. The molecule has 4 heterocycles. The van der Waals surface area contributed by atoms with E-state index < -0.39 is 11.7 Å². The molecule has 1 amide bonds. The summed E-state index contributed by atoms with van der Waals surface area (Å²) >= 11 is 0. The molecule has 1 saturated heterocycles.